The van der Waals surface area contributed by atoms with E-state index in [1.165, 1.54) is 0 Å². The summed E-state index contributed by atoms with van der Waals surface area (Å²) in [4.78, 5) is 0. The van der Waals surface area contributed by atoms with Crippen LogP contribution in [-0.2, 0) is 11.3 Å². The van der Waals surface area contributed by atoms with E-state index in [-0.39, 0.29) is 0 Å². The smallest absolute Gasteiger partial charge is 0.124 e. The van der Waals surface area contributed by atoms with Crippen LogP contribution in [-0.4, -0.2) is 27.3 Å². The molecule has 0 unspecified atom stereocenters. The van der Waals surface area contributed by atoms with E-state index in [0.717, 1.165) is 17.9 Å². The van der Waals surface area contributed by atoms with E-state index in [4.69, 9.17) is 21.1 Å². The van der Waals surface area contributed by atoms with Gasteiger partial charge in [0, 0.05) is 17.1 Å². The second kappa shape index (κ2) is 6.67. The number of halogens is 1. The van der Waals surface area contributed by atoms with Crippen molar-refractivity contribution >= 4 is 11.6 Å². The first-order valence-electron chi connectivity index (χ1n) is 4.82. The summed E-state index contributed by atoms with van der Waals surface area (Å²) in [5.74, 6) is 0.809. The molecule has 0 heterocycles. The fourth-order valence-electron chi connectivity index (χ4n) is 1.22. The second-order valence-corrected chi connectivity index (χ2v) is 3.55. The van der Waals surface area contributed by atoms with Gasteiger partial charge in [0.25, 0.3) is 0 Å². The van der Waals surface area contributed by atoms with Crippen molar-refractivity contribution in [2.24, 2.45) is 0 Å². The fraction of sp³-hybridized carbons (Fsp3) is 0.455. The average Bonchev–Trinajstić information content (AvgIpc) is 2.25. The Labute approximate surface area is 95.3 Å². The molecule has 3 nitrogen and oxygen atoms in total. The molecule has 0 fully saturated rings. The Morgan fingerprint density at radius 3 is 2.87 bits per heavy atom. The van der Waals surface area contributed by atoms with Gasteiger partial charge in [-0.25, -0.2) is 0 Å². The van der Waals surface area contributed by atoms with Crippen LogP contribution in [0.5, 0.6) is 5.75 Å². The molecule has 0 aliphatic carbocycles. The SMILES string of the molecule is CNCCOCc1cc(Cl)ccc1OC. The first kappa shape index (κ1) is 12.3. The van der Waals surface area contributed by atoms with Crippen LogP contribution >= 0.6 is 11.6 Å². The third kappa shape index (κ3) is 4.08. The molecule has 84 valence electrons. The number of methoxy groups -OCH3 is 1. The predicted octanol–water partition coefficient (Wildman–Crippen LogP) is 2.08. The van der Waals surface area contributed by atoms with Gasteiger partial charge in [-0.2, -0.15) is 0 Å². The van der Waals surface area contributed by atoms with Crippen LogP contribution in [0.1, 0.15) is 5.56 Å². The maximum absolute atomic E-state index is 5.89. The highest BCUT2D eigenvalue weighted by Crippen LogP contribution is 2.23. The maximum Gasteiger partial charge on any atom is 0.124 e. The van der Waals surface area contributed by atoms with Crippen molar-refractivity contribution in [2.75, 3.05) is 27.3 Å². The summed E-state index contributed by atoms with van der Waals surface area (Å²) >= 11 is 5.89. The van der Waals surface area contributed by atoms with Gasteiger partial charge in [0.05, 0.1) is 20.3 Å². The van der Waals surface area contributed by atoms with Gasteiger partial charge in [-0.15, -0.1) is 0 Å². The average molecular weight is 230 g/mol. The molecule has 0 radical (unpaired) electrons. The lowest BCUT2D eigenvalue weighted by atomic mass is 10.2. The molecule has 0 bridgehead atoms. The Morgan fingerprint density at radius 1 is 1.40 bits per heavy atom. The Kier molecular flexibility index (Phi) is 5.47. The Bertz CT molecular complexity index is 305. The van der Waals surface area contributed by atoms with Crippen molar-refractivity contribution in [3.8, 4) is 5.75 Å². The highest BCUT2D eigenvalue weighted by Gasteiger charge is 2.03. The van der Waals surface area contributed by atoms with E-state index >= 15 is 0 Å². The van der Waals surface area contributed by atoms with Gasteiger partial charge in [-0.1, -0.05) is 11.6 Å². The summed E-state index contributed by atoms with van der Waals surface area (Å²) in [5.41, 5.74) is 0.973. The van der Waals surface area contributed by atoms with Gasteiger partial charge >= 0.3 is 0 Å². The van der Waals surface area contributed by atoms with Crippen LogP contribution in [0.3, 0.4) is 0 Å². The molecule has 0 saturated heterocycles. The minimum Gasteiger partial charge on any atom is -0.496 e. The molecule has 1 N–H and O–H groups in total. The zero-order valence-electron chi connectivity index (χ0n) is 9.05. The molecule has 1 aromatic carbocycles. The Balaban J connectivity index is 2.54. The summed E-state index contributed by atoms with van der Waals surface area (Å²) in [6, 6.07) is 5.51. The van der Waals surface area contributed by atoms with E-state index in [1.807, 2.05) is 19.2 Å². The lowest BCUT2D eigenvalue weighted by Crippen LogP contribution is -2.14. The normalized spacial score (nSPS) is 10.3. The van der Waals surface area contributed by atoms with Crippen molar-refractivity contribution in [3.63, 3.8) is 0 Å². The van der Waals surface area contributed by atoms with Gasteiger partial charge in [0.15, 0.2) is 0 Å². The summed E-state index contributed by atoms with van der Waals surface area (Å²) < 4.78 is 10.7. The van der Waals surface area contributed by atoms with Crippen molar-refractivity contribution in [2.45, 2.75) is 6.61 Å². The van der Waals surface area contributed by atoms with Crippen LogP contribution in [0, 0.1) is 0 Å². The molecule has 4 heteroatoms. The second-order valence-electron chi connectivity index (χ2n) is 3.11. The van der Waals surface area contributed by atoms with E-state index in [1.54, 1.807) is 13.2 Å². The topological polar surface area (TPSA) is 30.5 Å². The molecule has 0 atom stereocenters. The lowest BCUT2D eigenvalue weighted by molar-refractivity contribution is 0.122. The van der Waals surface area contributed by atoms with E-state index in [0.29, 0.717) is 18.2 Å². The minimum atomic E-state index is 0.519. The van der Waals surface area contributed by atoms with Gasteiger partial charge in [0.2, 0.25) is 0 Å². The van der Waals surface area contributed by atoms with Crippen molar-refractivity contribution in [1.29, 1.82) is 0 Å². The summed E-state index contributed by atoms with van der Waals surface area (Å²) in [6.45, 7) is 2.03. The molecule has 0 aromatic heterocycles. The summed E-state index contributed by atoms with van der Waals surface area (Å²) in [7, 11) is 3.53. The molecule has 1 aromatic rings. The molecule has 1 rings (SSSR count). The summed E-state index contributed by atoms with van der Waals surface area (Å²) in [5, 5.41) is 3.71. The molecule has 0 amide bonds. The van der Waals surface area contributed by atoms with Crippen molar-refractivity contribution in [1.82, 2.24) is 5.32 Å². The van der Waals surface area contributed by atoms with Gasteiger partial charge in [-0.3, -0.25) is 0 Å². The lowest BCUT2D eigenvalue weighted by Gasteiger charge is -2.09. The van der Waals surface area contributed by atoms with Crippen LogP contribution in [0.25, 0.3) is 0 Å². The number of hydrogen-bond acceptors (Lipinski definition) is 3. The fourth-order valence-corrected chi connectivity index (χ4v) is 1.41. The third-order valence-corrected chi connectivity index (χ3v) is 2.23. The van der Waals surface area contributed by atoms with Gasteiger partial charge < -0.3 is 14.8 Å². The first-order chi connectivity index (χ1) is 7.27. The highest BCUT2D eigenvalue weighted by atomic mass is 35.5. The zero-order valence-corrected chi connectivity index (χ0v) is 9.80. The number of rotatable bonds is 6. The standard InChI is InChI=1S/C11H16ClNO2/c1-13-5-6-15-8-9-7-10(12)3-4-11(9)14-2/h3-4,7,13H,5-6,8H2,1-2H3. The van der Waals surface area contributed by atoms with Crippen LogP contribution < -0.4 is 10.1 Å². The summed E-state index contributed by atoms with van der Waals surface area (Å²) in [6.07, 6.45) is 0. The Hall–Kier alpha value is -0.770. The van der Waals surface area contributed by atoms with Gasteiger partial charge in [-0.05, 0) is 25.2 Å². The molecule has 15 heavy (non-hydrogen) atoms. The van der Waals surface area contributed by atoms with Crippen molar-refractivity contribution < 1.29 is 9.47 Å². The maximum atomic E-state index is 5.89. The number of hydrogen-bond donors (Lipinski definition) is 1. The number of nitrogens with one attached hydrogen (secondary N) is 1. The molecule has 0 saturated carbocycles. The zero-order chi connectivity index (χ0) is 11.1. The quantitative estimate of drug-likeness (QED) is 0.758. The third-order valence-electron chi connectivity index (χ3n) is 2.00. The Morgan fingerprint density at radius 2 is 2.20 bits per heavy atom. The number of benzene rings is 1. The molecule has 0 spiro atoms. The van der Waals surface area contributed by atoms with E-state index in [9.17, 15) is 0 Å². The number of likely N-dealkylation sites (N-methyl/N-ethyl adjacent to an activating group) is 1. The molecule has 0 aliphatic heterocycles. The number of ether oxygens (including phenoxy) is 2. The van der Waals surface area contributed by atoms with Gasteiger partial charge in [0.1, 0.15) is 5.75 Å². The van der Waals surface area contributed by atoms with E-state index in [2.05, 4.69) is 5.32 Å². The monoisotopic (exact) mass is 229 g/mol. The van der Waals surface area contributed by atoms with Crippen LogP contribution in [0.15, 0.2) is 18.2 Å². The van der Waals surface area contributed by atoms with Crippen LogP contribution in [0.4, 0.5) is 0 Å². The largest absolute Gasteiger partial charge is 0.496 e. The minimum absolute atomic E-state index is 0.519. The first-order valence-corrected chi connectivity index (χ1v) is 5.20. The van der Waals surface area contributed by atoms with E-state index < -0.39 is 0 Å². The van der Waals surface area contributed by atoms with Crippen molar-refractivity contribution in [3.05, 3.63) is 28.8 Å². The predicted molar refractivity (Wildman–Crippen MR) is 61.6 cm³/mol. The molecular weight excluding hydrogens is 214 g/mol. The molecule has 0 aliphatic rings. The molecular formula is C11H16ClNO2. The highest BCUT2D eigenvalue weighted by molar-refractivity contribution is 6.30. The van der Waals surface area contributed by atoms with Crippen LogP contribution in [0.2, 0.25) is 5.02 Å².